The third-order valence-corrected chi connectivity index (χ3v) is 7.16. The van der Waals surface area contributed by atoms with Gasteiger partial charge in [0.05, 0.1) is 16.6 Å². The lowest BCUT2D eigenvalue weighted by molar-refractivity contribution is 0.218. The monoisotopic (exact) mass is 400 g/mol. The molecule has 27 heavy (non-hydrogen) atoms. The Balaban J connectivity index is 1.69. The maximum absolute atomic E-state index is 6.29. The quantitative estimate of drug-likeness (QED) is 0.470. The van der Waals surface area contributed by atoms with Gasteiger partial charge >= 0.3 is 0 Å². The van der Waals surface area contributed by atoms with E-state index in [4.69, 9.17) is 16.6 Å². The van der Waals surface area contributed by atoms with E-state index < -0.39 is 0 Å². The molecule has 0 spiro atoms. The highest BCUT2D eigenvalue weighted by Gasteiger charge is 2.32. The van der Waals surface area contributed by atoms with E-state index in [9.17, 15) is 0 Å². The molecule has 0 aromatic carbocycles. The number of aromatic nitrogens is 6. The Morgan fingerprint density at radius 2 is 2.11 bits per heavy atom. The minimum absolute atomic E-state index is 0.328. The molecule has 1 aliphatic carbocycles. The molecule has 0 N–H and O–H groups in total. The van der Waals surface area contributed by atoms with E-state index in [-0.39, 0.29) is 0 Å². The van der Waals surface area contributed by atoms with Gasteiger partial charge in [0, 0.05) is 11.9 Å². The molecule has 4 aromatic rings. The topological polar surface area (TPSA) is 60.9 Å². The highest BCUT2D eigenvalue weighted by atomic mass is 35.5. The molecule has 0 aliphatic heterocycles. The highest BCUT2D eigenvalue weighted by molar-refractivity contribution is 7.19. The predicted molar refractivity (Wildman–Crippen MR) is 108 cm³/mol. The SMILES string of the molecule is Cn1ncc(Cl)c1-c1nc2c3c4c(sc3ncn2n1)C[C@@H](C(C)(C)C)CC4. The summed E-state index contributed by atoms with van der Waals surface area (Å²) < 4.78 is 3.47. The van der Waals surface area contributed by atoms with Crippen LogP contribution in [-0.4, -0.2) is 29.4 Å². The van der Waals surface area contributed by atoms with Gasteiger partial charge in [-0.1, -0.05) is 32.4 Å². The van der Waals surface area contributed by atoms with Crippen molar-refractivity contribution < 1.29 is 0 Å². The van der Waals surface area contributed by atoms with E-state index in [1.165, 1.54) is 16.9 Å². The fourth-order valence-corrected chi connectivity index (χ4v) is 5.59. The third-order valence-electron chi connectivity index (χ3n) is 5.72. The van der Waals surface area contributed by atoms with Gasteiger partial charge in [0.2, 0.25) is 5.82 Å². The molecular weight excluding hydrogens is 380 g/mol. The van der Waals surface area contributed by atoms with Crippen LogP contribution in [0.5, 0.6) is 0 Å². The van der Waals surface area contributed by atoms with Crippen molar-refractivity contribution in [2.45, 2.75) is 40.0 Å². The number of rotatable bonds is 1. The maximum atomic E-state index is 6.29. The summed E-state index contributed by atoms with van der Waals surface area (Å²) in [5, 5.41) is 10.5. The van der Waals surface area contributed by atoms with Crippen LogP contribution in [0.4, 0.5) is 0 Å². The molecule has 1 atom stereocenters. The van der Waals surface area contributed by atoms with Crippen molar-refractivity contribution in [3.63, 3.8) is 0 Å². The molecule has 0 saturated heterocycles. The van der Waals surface area contributed by atoms with Gasteiger partial charge in [0.1, 0.15) is 16.9 Å². The molecule has 0 fully saturated rings. The van der Waals surface area contributed by atoms with Crippen LogP contribution in [0.25, 0.3) is 27.4 Å². The van der Waals surface area contributed by atoms with Crippen molar-refractivity contribution in [2.24, 2.45) is 18.4 Å². The number of hydrogen-bond donors (Lipinski definition) is 0. The summed E-state index contributed by atoms with van der Waals surface area (Å²) in [4.78, 5) is 12.0. The van der Waals surface area contributed by atoms with E-state index in [2.05, 4.69) is 36.0 Å². The lowest BCUT2D eigenvalue weighted by atomic mass is 9.72. The second-order valence-corrected chi connectivity index (χ2v) is 9.89. The summed E-state index contributed by atoms with van der Waals surface area (Å²) in [6, 6.07) is 0. The first kappa shape index (κ1) is 17.1. The van der Waals surface area contributed by atoms with Gasteiger partial charge < -0.3 is 0 Å². The number of nitrogens with zero attached hydrogens (tertiary/aromatic N) is 6. The largest absolute Gasteiger partial charge is 0.263 e. The smallest absolute Gasteiger partial charge is 0.202 e. The standard InChI is InChI=1S/C19H21ClN6S/c1-19(2,3)10-5-6-11-13(7-10)27-18-14(11)17-23-16(24-26(17)9-21-18)15-12(20)8-22-25(15)4/h8-10H,5-7H2,1-4H3/t10-/m0/s1. The number of aryl methyl sites for hydroxylation is 2. The molecule has 1 aliphatic rings. The second kappa shape index (κ2) is 5.75. The Hall–Kier alpha value is -1.99. The van der Waals surface area contributed by atoms with E-state index in [0.29, 0.717) is 22.2 Å². The van der Waals surface area contributed by atoms with Crippen molar-refractivity contribution >= 4 is 38.8 Å². The Morgan fingerprint density at radius 1 is 1.30 bits per heavy atom. The summed E-state index contributed by atoms with van der Waals surface area (Å²) in [7, 11) is 1.85. The number of hydrogen-bond acceptors (Lipinski definition) is 5. The van der Waals surface area contributed by atoms with Crippen LogP contribution in [0.3, 0.4) is 0 Å². The molecule has 0 saturated carbocycles. The summed E-state index contributed by atoms with van der Waals surface area (Å²) in [5.41, 5.74) is 3.32. The van der Waals surface area contributed by atoms with Crippen LogP contribution in [0.2, 0.25) is 5.02 Å². The predicted octanol–water partition coefficient (Wildman–Crippen LogP) is 4.54. The molecule has 4 heterocycles. The van der Waals surface area contributed by atoms with E-state index in [1.54, 1.807) is 21.7 Å². The number of halogens is 1. The number of fused-ring (bicyclic) bond motifs is 5. The van der Waals surface area contributed by atoms with Crippen molar-refractivity contribution in [1.82, 2.24) is 29.4 Å². The minimum atomic E-state index is 0.328. The Kier molecular flexibility index (Phi) is 3.65. The summed E-state index contributed by atoms with van der Waals surface area (Å²) in [5.74, 6) is 1.29. The normalized spacial score (nSPS) is 17.7. The van der Waals surface area contributed by atoms with Crippen molar-refractivity contribution in [2.75, 3.05) is 0 Å². The first-order valence-corrected chi connectivity index (χ1v) is 10.4. The molecule has 5 rings (SSSR count). The zero-order chi connectivity index (χ0) is 18.9. The van der Waals surface area contributed by atoms with E-state index in [1.807, 2.05) is 18.4 Å². The fourth-order valence-electron chi connectivity index (χ4n) is 4.08. The van der Waals surface area contributed by atoms with Gasteiger partial charge in [-0.25, -0.2) is 14.5 Å². The summed E-state index contributed by atoms with van der Waals surface area (Å²) in [6.07, 6.45) is 6.78. The highest BCUT2D eigenvalue weighted by Crippen LogP contribution is 2.43. The van der Waals surface area contributed by atoms with Gasteiger partial charge in [-0.3, -0.25) is 4.68 Å². The van der Waals surface area contributed by atoms with Crippen LogP contribution in [0.1, 0.15) is 37.6 Å². The first-order valence-electron chi connectivity index (χ1n) is 9.16. The third kappa shape index (κ3) is 2.59. The van der Waals surface area contributed by atoms with Crippen LogP contribution >= 0.6 is 22.9 Å². The zero-order valence-electron chi connectivity index (χ0n) is 15.8. The molecule has 6 nitrogen and oxygen atoms in total. The molecule has 0 unspecified atom stereocenters. The molecule has 0 radical (unpaired) electrons. The van der Waals surface area contributed by atoms with Crippen molar-refractivity contribution in [3.8, 4) is 11.5 Å². The molecule has 0 amide bonds. The summed E-state index contributed by atoms with van der Waals surface area (Å²) >= 11 is 8.10. The zero-order valence-corrected chi connectivity index (χ0v) is 17.4. The van der Waals surface area contributed by atoms with Gasteiger partial charge in [-0.15, -0.1) is 16.4 Å². The second-order valence-electron chi connectivity index (χ2n) is 8.40. The first-order chi connectivity index (χ1) is 12.8. The van der Waals surface area contributed by atoms with E-state index >= 15 is 0 Å². The van der Waals surface area contributed by atoms with Crippen molar-refractivity contribution in [1.29, 1.82) is 0 Å². The van der Waals surface area contributed by atoms with Gasteiger partial charge in [0.15, 0.2) is 5.65 Å². The fraction of sp³-hybridized carbons (Fsp3) is 0.474. The van der Waals surface area contributed by atoms with E-state index in [0.717, 1.165) is 34.4 Å². The van der Waals surface area contributed by atoms with Crippen LogP contribution in [0, 0.1) is 11.3 Å². The number of thiophene rings is 1. The molecule has 8 heteroatoms. The lowest BCUT2D eigenvalue weighted by Crippen LogP contribution is -2.26. The van der Waals surface area contributed by atoms with Gasteiger partial charge in [-0.05, 0) is 36.2 Å². The Bertz CT molecular complexity index is 1160. The minimum Gasteiger partial charge on any atom is -0.263 e. The molecule has 4 aromatic heterocycles. The molecule has 0 bridgehead atoms. The van der Waals surface area contributed by atoms with Crippen molar-refractivity contribution in [3.05, 3.63) is 28.0 Å². The van der Waals surface area contributed by atoms with Crippen LogP contribution in [0.15, 0.2) is 12.5 Å². The lowest BCUT2D eigenvalue weighted by Gasteiger charge is -2.33. The maximum Gasteiger partial charge on any atom is 0.202 e. The van der Waals surface area contributed by atoms with Gasteiger partial charge in [-0.2, -0.15) is 5.10 Å². The Labute approximate surface area is 166 Å². The van der Waals surface area contributed by atoms with Crippen LogP contribution < -0.4 is 0 Å². The van der Waals surface area contributed by atoms with Crippen LogP contribution in [-0.2, 0) is 19.9 Å². The average molecular weight is 401 g/mol. The average Bonchev–Trinajstić information content (AvgIpc) is 3.27. The molecule has 140 valence electrons. The Morgan fingerprint density at radius 3 is 2.81 bits per heavy atom. The summed E-state index contributed by atoms with van der Waals surface area (Å²) in [6.45, 7) is 7.03. The van der Waals surface area contributed by atoms with Gasteiger partial charge in [0.25, 0.3) is 0 Å². The molecular formula is C19H21ClN6S.